The molecule has 0 unspecified atom stereocenters. The standard InChI is InChI=1S/C31H34N2O4S/c1-4-16-33(31(35)26-13-12-24-8-5-6-9-25(24)20-26)22-30(34)32(21-27-10-7-18-38-27)17-15-23-11-14-28(36-2)29(19-23)37-3/h5-14,18-20H,4,15-17,21-22H2,1-3H3. The highest BCUT2D eigenvalue weighted by atomic mass is 32.1. The largest absolute Gasteiger partial charge is 0.493 e. The minimum absolute atomic E-state index is 0.0385. The van der Waals surface area contributed by atoms with Crippen LogP contribution in [0.5, 0.6) is 11.5 Å². The van der Waals surface area contributed by atoms with Crippen molar-refractivity contribution in [3.8, 4) is 11.5 Å². The first kappa shape index (κ1) is 27.2. The van der Waals surface area contributed by atoms with Crippen LogP contribution in [-0.4, -0.2) is 55.5 Å². The number of carbonyl (C=O) groups is 2. The van der Waals surface area contributed by atoms with Gasteiger partial charge in [0.1, 0.15) is 6.54 Å². The van der Waals surface area contributed by atoms with E-state index in [0.717, 1.165) is 27.6 Å². The highest BCUT2D eigenvalue weighted by molar-refractivity contribution is 7.09. The molecule has 4 aromatic rings. The van der Waals surface area contributed by atoms with Gasteiger partial charge in [0.15, 0.2) is 11.5 Å². The van der Waals surface area contributed by atoms with E-state index in [1.165, 1.54) is 0 Å². The molecular formula is C31H34N2O4S. The van der Waals surface area contributed by atoms with Gasteiger partial charge >= 0.3 is 0 Å². The molecule has 1 heterocycles. The van der Waals surface area contributed by atoms with E-state index < -0.39 is 0 Å². The number of fused-ring (bicyclic) bond motifs is 1. The third-order valence-corrected chi connectivity index (χ3v) is 7.36. The van der Waals surface area contributed by atoms with Gasteiger partial charge in [-0.05, 0) is 64.9 Å². The van der Waals surface area contributed by atoms with Crippen LogP contribution in [0.4, 0.5) is 0 Å². The molecule has 0 saturated heterocycles. The number of thiophene rings is 1. The van der Waals surface area contributed by atoms with E-state index in [-0.39, 0.29) is 18.4 Å². The molecule has 3 aromatic carbocycles. The molecule has 0 aliphatic rings. The van der Waals surface area contributed by atoms with Crippen LogP contribution in [0.3, 0.4) is 0 Å². The second-order valence-corrected chi connectivity index (χ2v) is 10.2. The number of nitrogens with zero attached hydrogens (tertiary/aromatic N) is 2. The average molecular weight is 531 g/mol. The summed E-state index contributed by atoms with van der Waals surface area (Å²) in [7, 11) is 3.23. The predicted octanol–water partition coefficient (Wildman–Crippen LogP) is 6.04. The van der Waals surface area contributed by atoms with Gasteiger partial charge in [-0.2, -0.15) is 0 Å². The summed E-state index contributed by atoms with van der Waals surface area (Å²) in [5.41, 5.74) is 1.64. The quantitative estimate of drug-likeness (QED) is 0.224. The Morgan fingerprint density at radius 2 is 1.61 bits per heavy atom. The molecule has 2 amide bonds. The summed E-state index contributed by atoms with van der Waals surface area (Å²) in [6.45, 7) is 3.60. The maximum Gasteiger partial charge on any atom is 0.254 e. The van der Waals surface area contributed by atoms with E-state index >= 15 is 0 Å². The van der Waals surface area contributed by atoms with Crippen molar-refractivity contribution in [3.05, 3.63) is 94.2 Å². The van der Waals surface area contributed by atoms with Crippen molar-refractivity contribution in [3.63, 3.8) is 0 Å². The van der Waals surface area contributed by atoms with Crippen LogP contribution in [0.1, 0.15) is 34.1 Å². The van der Waals surface area contributed by atoms with Gasteiger partial charge in [0.25, 0.3) is 5.91 Å². The molecule has 0 radical (unpaired) electrons. The Bertz CT molecular complexity index is 1370. The summed E-state index contributed by atoms with van der Waals surface area (Å²) in [5.74, 6) is 1.14. The summed E-state index contributed by atoms with van der Waals surface area (Å²) in [6.07, 6.45) is 1.42. The minimum atomic E-state index is -0.123. The summed E-state index contributed by atoms with van der Waals surface area (Å²) >= 11 is 1.62. The molecule has 6 nitrogen and oxygen atoms in total. The molecule has 0 saturated carbocycles. The fraction of sp³-hybridized carbons (Fsp3) is 0.290. The summed E-state index contributed by atoms with van der Waals surface area (Å²) in [5, 5.41) is 4.11. The van der Waals surface area contributed by atoms with Gasteiger partial charge < -0.3 is 19.3 Å². The lowest BCUT2D eigenvalue weighted by molar-refractivity contribution is -0.132. The lowest BCUT2D eigenvalue weighted by atomic mass is 10.1. The molecule has 198 valence electrons. The summed E-state index contributed by atoms with van der Waals surface area (Å²) < 4.78 is 10.8. The number of amides is 2. The van der Waals surface area contributed by atoms with Crippen LogP contribution in [0.15, 0.2) is 78.2 Å². The van der Waals surface area contributed by atoms with Crippen molar-refractivity contribution in [1.82, 2.24) is 9.80 Å². The van der Waals surface area contributed by atoms with Crippen molar-refractivity contribution in [1.29, 1.82) is 0 Å². The minimum Gasteiger partial charge on any atom is -0.493 e. The Morgan fingerprint density at radius 3 is 2.32 bits per heavy atom. The predicted molar refractivity (Wildman–Crippen MR) is 153 cm³/mol. The first-order valence-electron chi connectivity index (χ1n) is 12.8. The maximum atomic E-state index is 13.6. The Balaban J connectivity index is 1.51. The molecular weight excluding hydrogens is 496 g/mol. The van der Waals surface area contributed by atoms with E-state index in [9.17, 15) is 9.59 Å². The second kappa shape index (κ2) is 13.1. The third kappa shape index (κ3) is 6.72. The molecule has 0 bridgehead atoms. The Hall–Kier alpha value is -3.84. The molecule has 4 rings (SSSR count). The van der Waals surface area contributed by atoms with Crippen LogP contribution in [0.25, 0.3) is 10.8 Å². The van der Waals surface area contributed by atoms with Crippen LogP contribution < -0.4 is 9.47 Å². The van der Waals surface area contributed by atoms with Gasteiger partial charge in [-0.3, -0.25) is 9.59 Å². The zero-order chi connectivity index (χ0) is 26.9. The fourth-order valence-electron chi connectivity index (χ4n) is 4.47. The topological polar surface area (TPSA) is 59.1 Å². The van der Waals surface area contributed by atoms with Crippen molar-refractivity contribution in [2.24, 2.45) is 0 Å². The average Bonchev–Trinajstić information content (AvgIpc) is 3.47. The van der Waals surface area contributed by atoms with E-state index in [4.69, 9.17) is 9.47 Å². The van der Waals surface area contributed by atoms with E-state index in [1.807, 2.05) is 90.0 Å². The summed E-state index contributed by atoms with van der Waals surface area (Å²) in [4.78, 5) is 31.8. The van der Waals surface area contributed by atoms with E-state index in [2.05, 4.69) is 0 Å². The van der Waals surface area contributed by atoms with Crippen LogP contribution in [0, 0.1) is 0 Å². The molecule has 38 heavy (non-hydrogen) atoms. The lowest BCUT2D eigenvalue weighted by Crippen LogP contribution is -2.43. The van der Waals surface area contributed by atoms with Gasteiger partial charge in [-0.25, -0.2) is 0 Å². The Morgan fingerprint density at radius 1 is 0.816 bits per heavy atom. The first-order chi connectivity index (χ1) is 18.5. The van der Waals surface area contributed by atoms with Gasteiger partial charge in [-0.1, -0.05) is 49.4 Å². The van der Waals surface area contributed by atoms with Crippen LogP contribution >= 0.6 is 11.3 Å². The number of rotatable bonds is 12. The highest BCUT2D eigenvalue weighted by Crippen LogP contribution is 2.28. The number of ether oxygens (including phenoxy) is 2. The van der Waals surface area contributed by atoms with E-state index in [1.54, 1.807) is 30.5 Å². The normalized spacial score (nSPS) is 10.8. The molecule has 0 aliphatic heterocycles. The number of hydrogen-bond acceptors (Lipinski definition) is 5. The number of hydrogen-bond donors (Lipinski definition) is 0. The first-order valence-corrected chi connectivity index (χ1v) is 13.7. The fourth-order valence-corrected chi connectivity index (χ4v) is 5.19. The monoisotopic (exact) mass is 530 g/mol. The third-order valence-electron chi connectivity index (χ3n) is 6.50. The van der Waals surface area contributed by atoms with Crippen LogP contribution in [0.2, 0.25) is 0 Å². The molecule has 0 N–H and O–H groups in total. The van der Waals surface area contributed by atoms with Crippen LogP contribution in [-0.2, 0) is 17.8 Å². The number of benzene rings is 3. The Kier molecular flexibility index (Phi) is 9.38. The zero-order valence-electron chi connectivity index (χ0n) is 22.2. The zero-order valence-corrected chi connectivity index (χ0v) is 23.0. The molecule has 1 aromatic heterocycles. The van der Waals surface area contributed by atoms with Gasteiger partial charge in [0, 0.05) is 23.5 Å². The van der Waals surface area contributed by atoms with Crippen molar-refractivity contribution < 1.29 is 19.1 Å². The van der Waals surface area contributed by atoms with Crippen molar-refractivity contribution >= 4 is 33.9 Å². The summed E-state index contributed by atoms with van der Waals surface area (Å²) in [6, 6.07) is 23.5. The molecule has 7 heteroatoms. The van der Waals surface area contributed by atoms with Gasteiger partial charge in [-0.15, -0.1) is 11.3 Å². The van der Waals surface area contributed by atoms with Crippen molar-refractivity contribution in [2.75, 3.05) is 33.9 Å². The number of methoxy groups -OCH3 is 2. The van der Waals surface area contributed by atoms with Crippen molar-refractivity contribution in [2.45, 2.75) is 26.3 Å². The number of carbonyl (C=O) groups excluding carboxylic acids is 2. The smallest absolute Gasteiger partial charge is 0.254 e. The molecule has 0 aliphatic carbocycles. The Labute approximate surface area is 228 Å². The highest BCUT2D eigenvalue weighted by Gasteiger charge is 2.23. The lowest BCUT2D eigenvalue weighted by Gasteiger charge is -2.27. The molecule has 0 atom stereocenters. The molecule has 0 fully saturated rings. The SMILES string of the molecule is CCCN(CC(=O)N(CCc1ccc(OC)c(OC)c1)Cc1cccs1)C(=O)c1ccc2ccccc2c1. The maximum absolute atomic E-state index is 13.6. The second-order valence-electron chi connectivity index (χ2n) is 9.12. The van der Waals surface area contributed by atoms with Gasteiger partial charge in [0.2, 0.25) is 5.91 Å². The van der Waals surface area contributed by atoms with E-state index in [0.29, 0.717) is 43.1 Å². The van der Waals surface area contributed by atoms with Gasteiger partial charge in [0.05, 0.1) is 20.8 Å². The molecule has 0 spiro atoms.